The first-order valence-electron chi connectivity index (χ1n) is 7.62. The van der Waals surface area contributed by atoms with Crippen LogP contribution in [0.3, 0.4) is 0 Å². The summed E-state index contributed by atoms with van der Waals surface area (Å²) in [6.07, 6.45) is 2.95. The van der Waals surface area contributed by atoms with Gasteiger partial charge >= 0.3 is 0 Å². The van der Waals surface area contributed by atoms with Crippen molar-refractivity contribution in [2.45, 2.75) is 58.2 Å². The molecule has 1 aliphatic heterocycles. The average Bonchev–Trinajstić information content (AvgIpc) is 3.24. The van der Waals surface area contributed by atoms with E-state index in [1.165, 1.54) is 0 Å². The lowest BCUT2D eigenvalue weighted by molar-refractivity contribution is -0.155. The van der Waals surface area contributed by atoms with Gasteiger partial charge in [-0.15, -0.1) is 0 Å². The summed E-state index contributed by atoms with van der Waals surface area (Å²) < 4.78 is 5.19. The molecule has 1 saturated carbocycles. The van der Waals surface area contributed by atoms with Crippen LogP contribution in [0.1, 0.15) is 40.0 Å². The second-order valence-corrected chi connectivity index (χ2v) is 6.20. The van der Waals surface area contributed by atoms with Crippen LogP contribution in [0.5, 0.6) is 0 Å². The smallest absolute Gasteiger partial charge is 0.246 e. The first kappa shape index (κ1) is 15.3. The van der Waals surface area contributed by atoms with Crippen LogP contribution in [-0.4, -0.2) is 48.6 Å². The number of amides is 2. The molecule has 0 aromatic heterocycles. The Morgan fingerprint density at radius 3 is 2.50 bits per heavy atom. The lowest BCUT2D eigenvalue weighted by Crippen LogP contribution is -2.67. The molecule has 0 radical (unpaired) electrons. The van der Waals surface area contributed by atoms with Crippen molar-refractivity contribution in [1.29, 1.82) is 0 Å². The van der Waals surface area contributed by atoms with Gasteiger partial charge in [0.15, 0.2) is 0 Å². The van der Waals surface area contributed by atoms with Gasteiger partial charge < -0.3 is 15.0 Å². The minimum Gasteiger partial charge on any atom is -0.383 e. The molecule has 5 heteroatoms. The molecule has 114 valence electrons. The number of hydrogen-bond acceptors (Lipinski definition) is 3. The maximum atomic E-state index is 12.8. The van der Waals surface area contributed by atoms with E-state index in [1.54, 1.807) is 12.0 Å². The highest BCUT2D eigenvalue weighted by Gasteiger charge is 2.50. The molecule has 0 bridgehead atoms. The van der Waals surface area contributed by atoms with Crippen molar-refractivity contribution < 1.29 is 14.3 Å². The fourth-order valence-corrected chi connectivity index (χ4v) is 3.01. The summed E-state index contributed by atoms with van der Waals surface area (Å²) in [7, 11) is 1.63. The van der Waals surface area contributed by atoms with Crippen molar-refractivity contribution in [1.82, 2.24) is 10.2 Å². The number of nitrogens with zero attached hydrogens (tertiary/aromatic N) is 1. The van der Waals surface area contributed by atoms with Crippen LogP contribution < -0.4 is 5.32 Å². The van der Waals surface area contributed by atoms with Crippen LogP contribution >= 0.6 is 0 Å². The predicted molar refractivity (Wildman–Crippen MR) is 76.1 cm³/mol. The molecular formula is C15H26N2O3. The fraction of sp³-hybridized carbons (Fsp3) is 0.867. The Kier molecular flexibility index (Phi) is 4.68. The van der Waals surface area contributed by atoms with E-state index in [0.29, 0.717) is 12.5 Å². The Morgan fingerprint density at radius 2 is 2.00 bits per heavy atom. The number of carbonyl (C=O) groups is 2. The lowest BCUT2D eigenvalue weighted by Gasteiger charge is -2.43. The van der Waals surface area contributed by atoms with Gasteiger partial charge in [-0.2, -0.15) is 0 Å². The molecule has 20 heavy (non-hydrogen) atoms. The number of hydrogen-bond donors (Lipinski definition) is 1. The van der Waals surface area contributed by atoms with Crippen molar-refractivity contribution >= 4 is 11.8 Å². The Balaban J connectivity index is 2.23. The lowest BCUT2D eigenvalue weighted by atomic mass is 9.92. The van der Waals surface area contributed by atoms with E-state index in [1.807, 2.05) is 20.8 Å². The monoisotopic (exact) mass is 282 g/mol. The van der Waals surface area contributed by atoms with E-state index >= 15 is 0 Å². The van der Waals surface area contributed by atoms with Gasteiger partial charge in [0.1, 0.15) is 12.1 Å². The zero-order valence-electron chi connectivity index (χ0n) is 12.9. The third-order valence-electron chi connectivity index (χ3n) is 4.55. The van der Waals surface area contributed by atoms with Gasteiger partial charge in [-0.3, -0.25) is 9.59 Å². The number of rotatable bonds is 6. The van der Waals surface area contributed by atoms with Crippen molar-refractivity contribution in [3.8, 4) is 0 Å². The van der Waals surface area contributed by atoms with Crippen LogP contribution in [0.2, 0.25) is 0 Å². The van der Waals surface area contributed by atoms with Crippen LogP contribution in [0.25, 0.3) is 0 Å². The zero-order chi connectivity index (χ0) is 14.9. The average molecular weight is 282 g/mol. The van der Waals surface area contributed by atoms with Gasteiger partial charge in [-0.25, -0.2) is 0 Å². The SMILES string of the molecule is CCC(C)C1NC(=O)C(C2CC2)N(C(C)COC)C1=O. The molecule has 1 N–H and O–H groups in total. The molecule has 2 fully saturated rings. The van der Waals surface area contributed by atoms with Crippen LogP contribution in [0.15, 0.2) is 0 Å². The minimum atomic E-state index is -0.387. The molecule has 5 nitrogen and oxygen atoms in total. The highest BCUT2D eigenvalue weighted by Crippen LogP contribution is 2.38. The quantitative estimate of drug-likeness (QED) is 0.795. The Bertz CT molecular complexity index is 381. The standard InChI is InChI=1S/C15H26N2O3/c1-5-9(2)12-15(19)17(10(3)8-20-4)13(11-6-7-11)14(18)16-12/h9-13H,5-8H2,1-4H3,(H,16,18). The summed E-state index contributed by atoms with van der Waals surface area (Å²) in [6, 6.07) is -0.745. The number of methoxy groups -OCH3 is 1. The van der Waals surface area contributed by atoms with E-state index in [0.717, 1.165) is 19.3 Å². The highest BCUT2D eigenvalue weighted by molar-refractivity contribution is 5.97. The summed E-state index contributed by atoms with van der Waals surface area (Å²) in [4.78, 5) is 27.0. The summed E-state index contributed by atoms with van der Waals surface area (Å²) in [6.45, 7) is 6.48. The van der Waals surface area contributed by atoms with E-state index in [2.05, 4.69) is 5.32 Å². The molecule has 1 saturated heterocycles. The van der Waals surface area contributed by atoms with Gasteiger partial charge in [-0.05, 0) is 31.6 Å². The number of ether oxygens (including phenoxy) is 1. The van der Waals surface area contributed by atoms with Crippen molar-refractivity contribution in [2.24, 2.45) is 11.8 Å². The molecule has 0 aromatic carbocycles. The predicted octanol–water partition coefficient (Wildman–Crippen LogP) is 1.17. The molecule has 2 rings (SSSR count). The second-order valence-electron chi connectivity index (χ2n) is 6.20. The van der Waals surface area contributed by atoms with Gasteiger partial charge in [0.25, 0.3) is 0 Å². The fourth-order valence-electron chi connectivity index (χ4n) is 3.01. The van der Waals surface area contributed by atoms with Crippen LogP contribution in [0.4, 0.5) is 0 Å². The molecule has 4 atom stereocenters. The largest absolute Gasteiger partial charge is 0.383 e. The summed E-state index contributed by atoms with van der Waals surface area (Å²) in [5.74, 6) is 0.556. The van der Waals surface area contributed by atoms with Gasteiger partial charge in [0, 0.05) is 7.11 Å². The Hall–Kier alpha value is -1.10. The number of piperazine rings is 1. The van der Waals surface area contributed by atoms with Gasteiger partial charge in [0.05, 0.1) is 12.6 Å². The Labute approximate surface area is 121 Å². The van der Waals surface area contributed by atoms with Crippen molar-refractivity contribution in [3.63, 3.8) is 0 Å². The first-order chi connectivity index (χ1) is 9.51. The van der Waals surface area contributed by atoms with E-state index in [4.69, 9.17) is 4.74 Å². The van der Waals surface area contributed by atoms with E-state index in [9.17, 15) is 9.59 Å². The molecular weight excluding hydrogens is 256 g/mol. The van der Waals surface area contributed by atoms with Gasteiger partial charge in [0.2, 0.25) is 11.8 Å². The molecule has 1 aliphatic carbocycles. The number of nitrogens with one attached hydrogen (secondary N) is 1. The third-order valence-corrected chi connectivity index (χ3v) is 4.55. The summed E-state index contributed by atoms with van der Waals surface area (Å²) in [5, 5.41) is 2.94. The van der Waals surface area contributed by atoms with E-state index < -0.39 is 0 Å². The molecule has 0 aromatic rings. The molecule has 4 unspecified atom stereocenters. The number of carbonyl (C=O) groups excluding carboxylic acids is 2. The molecule has 0 spiro atoms. The molecule has 2 amide bonds. The first-order valence-corrected chi connectivity index (χ1v) is 7.62. The Morgan fingerprint density at radius 1 is 1.35 bits per heavy atom. The maximum Gasteiger partial charge on any atom is 0.246 e. The normalized spacial score (nSPS) is 30.1. The molecule has 2 aliphatic rings. The third kappa shape index (κ3) is 2.82. The highest BCUT2D eigenvalue weighted by atomic mass is 16.5. The maximum absolute atomic E-state index is 12.8. The second kappa shape index (κ2) is 6.12. The van der Waals surface area contributed by atoms with Gasteiger partial charge in [-0.1, -0.05) is 20.3 Å². The topological polar surface area (TPSA) is 58.6 Å². The minimum absolute atomic E-state index is 0.0142. The summed E-state index contributed by atoms with van der Waals surface area (Å²) >= 11 is 0. The van der Waals surface area contributed by atoms with Crippen LogP contribution in [-0.2, 0) is 14.3 Å². The molecule has 1 heterocycles. The van der Waals surface area contributed by atoms with Crippen molar-refractivity contribution in [3.05, 3.63) is 0 Å². The summed E-state index contributed by atoms with van der Waals surface area (Å²) in [5.41, 5.74) is 0. The zero-order valence-corrected chi connectivity index (χ0v) is 12.9. The van der Waals surface area contributed by atoms with Crippen molar-refractivity contribution in [2.75, 3.05) is 13.7 Å². The van der Waals surface area contributed by atoms with E-state index in [-0.39, 0.29) is 35.9 Å². The van der Waals surface area contributed by atoms with Crippen LogP contribution in [0, 0.1) is 11.8 Å².